The Bertz CT molecular complexity index is 766. The van der Waals surface area contributed by atoms with E-state index in [2.05, 4.69) is 0 Å². The standard InChI is InChI=1S/C20H22N2O2/c1-22(2)20(23)18(14-7-5-4-6-8-14)19-17-10-9-16(24-3)13-15(17)11-12-21-19/h4-10,13,18H,11-12H2,1-3H3. The van der Waals surface area contributed by atoms with E-state index >= 15 is 0 Å². The van der Waals surface area contributed by atoms with Gasteiger partial charge in [-0.15, -0.1) is 0 Å². The lowest BCUT2D eigenvalue weighted by Crippen LogP contribution is -2.35. The molecule has 2 aromatic rings. The molecule has 124 valence electrons. The van der Waals surface area contributed by atoms with Crippen LogP contribution in [0.4, 0.5) is 0 Å². The minimum Gasteiger partial charge on any atom is -0.497 e. The second kappa shape index (κ2) is 6.87. The zero-order chi connectivity index (χ0) is 17.1. The molecular weight excluding hydrogens is 300 g/mol. The van der Waals surface area contributed by atoms with Crippen LogP contribution in [0.5, 0.6) is 5.75 Å². The van der Waals surface area contributed by atoms with Crippen LogP contribution < -0.4 is 4.74 Å². The summed E-state index contributed by atoms with van der Waals surface area (Å²) in [6.45, 7) is 0.694. The zero-order valence-electron chi connectivity index (χ0n) is 14.3. The van der Waals surface area contributed by atoms with Gasteiger partial charge in [-0.1, -0.05) is 30.3 Å². The summed E-state index contributed by atoms with van der Waals surface area (Å²) in [6, 6.07) is 15.9. The van der Waals surface area contributed by atoms with Crippen molar-refractivity contribution in [2.24, 2.45) is 4.99 Å². The number of likely N-dealkylation sites (N-methyl/N-ethyl adjacent to an activating group) is 1. The van der Waals surface area contributed by atoms with Gasteiger partial charge in [0.15, 0.2) is 0 Å². The summed E-state index contributed by atoms with van der Waals surface area (Å²) < 4.78 is 5.33. The molecule has 4 nitrogen and oxygen atoms in total. The molecular formula is C20H22N2O2. The Labute approximate surface area is 142 Å². The summed E-state index contributed by atoms with van der Waals surface area (Å²) in [5.74, 6) is 0.502. The van der Waals surface area contributed by atoms with Crippen LogP contribution >= 0.6 is 0 Å². The van der Waals surface area contributed by atoms with Gasteiger partial charge >= 0.3 is 0 Å². The lowest BCUT2D eigenvalue weighted by atomic mass is 9.84. The van der Waals surface area contributed by atoms with Crippen LogP contribution in [-0.2, 0) is 11.2 Å². The highest BCUT2D eigenvalue weighted by molar-refractivity contribution is 6.18. The molecule has 1 heterocycles. The first kappa shape index (κ1) is 16.2. The minimum atomic E-state index is -0.381. The van der Waals surface area contributed by atoms with E-state index in [9.17, 15) is 4.79 Å². The van der Waals surface area contributed by atoms with Crippen molar-refractivity contribution in [3.05, 3.63) is 65.2 Å². The number of fused-ring (bicyclic) bond motifs is 1. The van der Waals surface area contributed by atoms with E-state index in [0.29, 0.717) is 6.54 Å². The van der Waals surface area contributed by atoms with E-state index in [-0.39, 0.29) is 11.8 Å². The van der Waals surface area contributed by atoms with E-state index in [4.69, 9.17) is 9.73 Å². The van der Waals surface area contributed by atoms with Crippen molar-refractivity contribution in [3.8, 4) is 5.75 Å². The van der Waals surface area contributed by atoms with Crippen LogP contribution in [0, 0.1) is 0 Å². The van der Waals surface area contributed by atoms with Gasteiger partial charge < -0.3 is 9.64 Å². The summed E-state index contributed by atoms with van der Waals surface area (Å²) in [7, 11) is 5.25. The summed E-state index contributed by atoms with van der Waals surface area (Å²) in [4.78, 5) is 19.3. The molecule has 0 fully saturated rings. The molecule has 0 bridgehead atoms. The van der Waals surface area contributed by atoms with Crippen molar-refractivity contribution in [3.63, 3.8) is 0 Å². The molecule has 0 N–H and O–H groups in total. The molecule has 0 aromatic heterocycles. The van der Waals surface area contributed by atoms with Crippen LogP contribution in [0.15, 0.2) is 53.5 Å². The Kier molecular flexibility index (Phi) is 4.65. The molecule has 1 amide bonds. The largest absolute Gasteiger partial charge is 0.497 e. The second-order valence-corrected chi connectivity index (χ2v) is 6.12. The molecule has 0 spiro atoms. The number of methoxy groups -OCH3 is 1. The van der Waals surface area contributed by atoms with Gasteiger partial charge in [-0.25, -0.2) is 0 Å². The van der Waals surface area contributed by atoms with Crippen LogP contribution in [0.2, 0.25) is 0 Å². The number of hydrogen-bond donors (Lipinski definition) is 0. The van der Waals surface area contributed by atoms with Crippen molar-refractivity contribution < 1.29 is 9.53 Å². The van der Waals surface area contributed by atoms with Gasteiger partial charge in [-0.05, 0) is 35.7 Å². The van der Waals surface area contributed by atoms with Crippen LogP contribution in [0.3, 0.4) is 0 Å². The Morgan fingerprint density at radius 2 is 1.92 bits per heavy atom. The topological polar surface area (TPSA) is 41.9 Å². The van der Waals surface area contributed by atoms with E-state index in [0.717, 1.165) is 29.0 Å². The fourth-order valence-electron chi connectivity index (χ4n) is 3.10. The molecule has 0 saturated heterocycles. The molecule has 0 aliphatic carbocycles. The van der Waals surface area contributed by atoms with Crippen molar-refractivity contribution in [1.82, 2.24) is 4.90 Å². The second-order valence-electron chi connectivity index (χ2n) is 6.12. The molecule has 1 atom stereocenters. The highest BCUT2D eigenvalue weighted by Gasteiger charge is 2.31. The van der Waals surface area contributed by atoms with Crippen LogP contribution in [0.25, 0.3) is 0 Å². The first-order valence-corrected chi connectivity index (χ1v) is 8.09. The minimum absolute atomic E-state index is 0.0450. The fourth-order valence-corrected chi connectivity index (χ4v) is 3.10. The number of nitrogens with zero attached hydrogens (tertiary/aromatic N) is 2. The fraction of sp³-hybridized carbons (Fsp3) is 0.300. The Morgan fingerprint density at radius 1 is 1.17 bits per heavy atom. The van der Waals surface area contributed by atoms with E-state index in [1.54, 1.807) is 26.1 Å². The maximum Gasteiger partial charge on any atom is 0.235 e. The average molecular weight is 322 g/mol. The highest BCUT2D eigenvalue weighted by atomic mass is 16.5. The third-order valence-corrected chi connectivity index (χ3v) is 4.35. The molecule has 1 unspecified atom stereocenters. The molecule has 0 saturated carbocycles. The van der Waals surface area contributed by atoms with Gasteiger partial charge in [-0.2, -0.15) is 0 Å². The number of carbonyl (C=O) groups excluding carboxylic acids is 1. The van der Waals surface area contributed by atoms with E-state index in [1.807, 2.05) is 48.5 Å². The van der Waals surface area contributed by atoms with Crippen LogP contribution in [-0.4, -0.2) is 44.3 Å². The lowest BCUT2D eigenvalue weighted by Gasteiger charge is -2.26. The first-order chi connectivity index (χ1) is 11.6. The predicted octanol–water partition coefficient (Wildman–Crippen LogP) is 2.91. The normalized spacial score (nSPS) is 14.4. The molecule has 1 aliphatic heterocycles. The van der Waals surface area contributed by atoms with Crippen molar-refractivity contribution in [1.29, 1.82) is 0 Å². The summed E-state index contributed by atoms with van der Waals surface area (Å²) in [5.41, 5.74) is 4.06. The molecule has 0 radical (unpaired) electrons. The quantitative estimate of drug-likeness (QED) is 0.868. The summed E-state index contributed by atoms with van der Waals surface area (Å²) >= 11 is 0. The average Bonchev–Trinajstić information content (AvgIpc) is 2.62. The SMILES string of the molecule is COc1ccc2c(c1)CCN=C2C(C(=O)N(C)C)c1ccccc1. The Balaban J connectivity index is 2.09. The summed E-state index contributed by atoms with van der Waals surface area (Å²) in [5, 5.41) is 0. The third-order valence-electron chi connectivity index (χ3n) is 4.35. The number of benzene rings is 2. The molecule has 4 heteroatoms. The molecule has 3 rings (SSSR count). The van der Waals surface area contributed by atoms with Gasteiger partial charge in [0, 0.05) is 26.2 Å². The Hall–Kier alpha value is -2.62. The van der Waals surface area contributed by atoms with Gasteiger partial charge in [0.05, 0.1) is 12.8 Å². The van der Waals surface area contributed by atoms with Crippen molar-refractivity contribution in [2.75, 3.05) is 27.7 Å². The first-order valence-electron chi connectivity index (χ1n) is 8.09. The number of hydrogen-bond acceptors (Lipinski definition) is 3. The van der Waals surface area contributed by atoms with Gasteiger partial charge in [0.2, 0.25) is 5.91 Å². The van der Waals surface area contributed by atoms with E-state index < -0.39 is 0 Å². The van der Waals surface area contributed by atoms with Crippen LogP contribution in [0.1, 0.15) is 22.6 Å². The molecule has 2 aromatic carbocycles. The monoisotopic (exact) mass is 322 g/mol. The predicted molar refractivity (Wildman–Crippen MR) is 96.0 cm³/mol. The number of aliphatic imine (C=N–C) groups is 1. The number of rotatable bonds is 4. The molecule has 24 heavy (non-hydrogen) atoms. The van der Waals surface area contributed by atoms with Gasteiger partial charge in [0.1, 0.15) is 11.7 Å². The maximum atomic E-state index is 12.9. The number of amides is 1. The van der Waals surface area contributed by atoms with E-state index in [1.165, 1.54) is 5.56 Å². The van der Waals surface area contributed by atoms with Gasteiger partial charge in [-0.3, -0.25) is 9.79 Å². The molecule has 1 aliphatic rings. The number of ether oxygens (including phenoxy) is 1. The highest BCUT2D eigenvalue weighted by Crippen LogP contribution is 2.30. The smallest absolute Gasteiger partial charge is 0.235 e. The number of carbonyl (C=O) groups is 1. The Morgan fingerprint density at radius 3 is 2.58 bits per heavy atom. The maximum absolute atomic E-state index is 12.9. The third kappa shape index (κ3) is 3.04. The zero-order valence-corrected chi connectivity index (χ0v) is 14.3. The van der Waals surface area contributed by atoms with Crippen molar-refractivity contribution in [2.45, 2.75) is 12.3 Å². The van der Waals surface area contributed by atoms with Gasteiger partial charge in [0.25, 0.3) is 0 Å². The lowest BCUT2D eigenvalue weighted by molar-refractivity contribution is -0.128. The van der Waals surface area contributed by atoms with Crippen molar-refractivity contribution >= 4 is 11.6 Å². The summed E-state index contributed by atoms with van der Waals surface area (Å²) in [6.07, 6.45) is 0.869.